The fraction of sp³-hybridized carbons (Fsp3) is 0.476. The van der Waals surface area contributed by atoms with Crippen LogP contribution < -0.4 is 5.32 Å². The first kappa shape index (κ1) is 18.4. The number of para-hydroxylation sites is 1. The molecule has 26 heavy (non-hydrogen) atoms. The van der Waals surface area contributed by atoms with E-state index < -0.39 is 5.97 Å². The summed E-state index contributed by atoms with van der Waals surface area (Å²) >= 11 is 0. The maximum atomic E-state index is 12.8. The Kier molecular flexibility index (Phi) is 5.86. The van der Waals surface area contributed by atoms with E-state index in [0.29, 0.717) is 18.0 Å². The Morgan fingerprint density at radius 2 is 2.12 bits per heavy atom. The molecule has 5 nitrogen and oxygen atoms in total. The van der Waals surface area contributed by atoms with Crippen molar-refractivity contribution in [2.75, 3.05) is 13.2 Å². The Bertz CT molecular complexity index is 816. The highest BCUT2D eigenvalue weighted by Gasteiger charge is 2.26. The molecular weight excluding hydrogens is 328 g/mol. The monoisotopic (exact) mass is 354 g/mol. The number of unbranched alkanes of at least 4 members (excludes halogenated alkanes) is 1. The molecule has 0 bridgehead atoms. The number of aryl methyl sites for hydroxylation is 1. The van der Waals surface area contributed by atoms with Gasteiger partial charge in [-0.25, -0.2) is 4.79 Å². The molecule has 1 aliphatic rings. The van der Waals surface area contributed by atoms with Crippen LogP contribution >= 0.6 is 0 Å². The lowest BCUT2D eigenvalue weighted by Gasteiger charge is -2.24. The molecule has 5 heteroatoms. The van der Waals surface area contributed by atoms with Gasteiger partial charge in [0.25, 0.3) is 5.91 Å². The highest BCUT2D eigenvalue weighted by Crippen LogP contribution is 2.31. The van der Waals surface area contributed by atoms with Crippen LogP contribution in [0.2, 0.25) is 0 Å². The van der Waals surface area contributed by atoms with Gasteiger partial charge in [-0.2, -0.15) is 0 Å². The van der Waals surface area contributed by atoms with Crippen LogP contribution in [0.3, 0.4) is 0 Å². The third-order valence-corrected chi connectivity index (χ3v) is 4.90. The van der Waals surface area contributed by atoms with Gasteiger partial charge in [0.2, 0.25) is 0 Å². The predicted molar refractivity (Wildman–Crippen MR) is 101 cm³/mol. The number of amides is 1. The van der Waals surface area contributed by atoms with Gasteiger partial charge in [0.05, 0.1) is 11.1 Å². The number of esters is 1. The van der Waals surface area contributed by atoms with Crippen molar-refractivity contribution in [2.45, 2.75) is 46.0 Å². The molecule has 1 aromatic carbocycles. The van der Waals surface area contributed by atoms with Crippen LogP contribution in [0, 0.1) is 5.92 Å². The molecule has 0 saturated heterocycles. The van der Waals surface area contributed by atoms with Gasteiger partial charge in [-0.05, 0) is 43.2 Å². The van der Waals surface area contributed by atoms with E-state index in [1.165, 1.54) is 0 Å². The number of nitrogens with zero attached hydrogens (tertiary/aromatic N) is 1. The first-order chi connectivity index (χ1) is 12.6. The van der Waals surface area contributed by atoms with Crippen LogP contribution in [0.15, 0.2) is 24.3 Å². The lowest BCUT2D eigenvalue weighted by Crippen LogP contribution is -2.30. The summed E-state index contributed by atoms with van der Waals surface area (Å²) in [4.78, 5) is 29.5. The normalized spacial score (nSPS) is 16.2. The topological polar surface area (TPSA) is 68.3 Å². The van der Waals surface area contributed by atoms with E-state index in [1.807, 2.05) is 24.3 Å². The number of carbonyl (C=O) groups excluding carboxylic acids is 2. The van der Waals surface area contributed by atoms with E-state index in [-0.39, 0.29) is 12.5 Å². The molecule has 0 aliphatic heterocycles. The van der Waals surface area contributed by atoms with Crippen LogP contribution in [-0.2, 0) is 22.4 Å². The third-order valence-electron chi connectivity index (χ3n) is 4.90. The molecular formula is C21H26N2O3. The summed E-state index contributed by atoms with van der Waals surface area (Å²) < 4.78 is 5.35. The van der Waals surface area contributed by atoms with Gasteiger partial charge in [-0.3, -0.25) is 9.78 Å². The highest BCUT2D eigenvalue weighted by molar-refractivity contribution is 6.05. The number of rotatable bonds is 6. The van der Waals surface area contributed by atoms with E-state index in [2.05, 4.69) is 19.2 Å². The van der Waals surface area contributed by atoms with Crippen molar-refractivity contribution in [3.05, 3.63) is 41.1 Å². The Labute approximate surface area is 154 Å². The van der Waals surface area contributed by atoms with Gasteiger partial charge in [0.1, 0.15) is 0 Å². The van der Waals surface area contributed by atoms with Crippen LogP contribution in [-0.4, -0.2) is 30.0 Å². The number of fused-ring (bicyclic) bond motifs is 2. The van der Waals surface area contributed by atoms with Crippen LogP contribution in [0.5, 0.6) is 0 Å². The van der Waals surface area contributed by atoms with E-state index in [0.717, 1.165) is 54.3 Å². The van der Waals surface area contributed by atoms with Crippen molar-refractivity contribution in [3.8, 4) is 0 Å². The van der Waals surface area contributed by atoms with E-state index in [1.54, 1.807) is 0 Å². The number of hydrogen-bond donors (Lipinski definition) is 1. The van der Waals surface area contributed by atoms with Crippen LogP contribution in [0.4, 0.5) is 0 Å². The summed E-state index contributed by atoms with van der Waals surface area (Å²) in [6, 6.07) is 7.64. The van der Waals surface area contributed by atoms with Gasteiger partial charge < -0.3 is 10.1 Å². The van der Waals surface area contributed by atoms with Crippen molar-refractivity contribution in [3.63, 3.8) is 0 Å². The summed E-state index contributed by atoms with van der Waals surface area (Å²) in [6.07, 6.45) is 4.69. The number of nitrogens with one attached hydrogen (secondary N) is 1. The summed E-state index contributed by atoms with van der Waals surface area (Å²) in [5, 5.41) is 3.57. The lowest BCUT2D eigenvalue weighted by molar-refractivity contribution is -0.124. The maximum Gasteiger partial charge on any atom is 0.339 e. The molecule has 138 valence electrons. The minimum atomic E-state index is -0.431. The molecule has 1 aliphatic carbocycles. The molecule has 1 atom stereocenters. The average Bonchev–Trinajstić information content (AvgIpc) is 2.64. The van der Waals surface area contributed by atoms with Gasteiger partial charge >= 0.3 is 5.97 Å². The molecule has 0 radical (unpaired) electrons. The highest BCUT2D eigenvalue weighted by atomic mass is 16.5. The summed E-state index contributed by atoms with van der Waals surface area (Å²) in [7, 11) is 0. The lowest BCUT2D eigenvalue weighted by atomic mass is 9.84. The average molecular weight is 354 g/mol. The second kappa shape index (κ2) is 8.30. The Morgan fingerprint density at radius 1 is 1.31 bits per heavy atom. The molecule has 1 heterocycles. The quantitative estimate of drug-likeness (QED) is 0.637. The van der Waals surface area contributed by atoms with E-state index in [4.69, 9.17) is 9.72 Å². The minimum Gasteiger partial charge on any atom is -0.452 e. The third kappa shape index (κ3) is 4.03. The number of carbonyl (C=O) groups is 2. The van der Waals surface area contributed by atoms with Crippen LogP contribution in [0.25, 0.3) is 10.9 Å². The largest absolute Gasteiger partial charge is 0.452 e. The van der Waals surface area contributed by atoms with Gasteiger partial charge in [0.15, 0.2) is 6.61 Å². The first-order valence-electron chi connectivity index (χ1n) is 9.44. The second-order valence-corrected chi connectivity index (χ2v) is 7.06. The van der Waals surface area contributed by atoms with Crippen molar-refractivity contribution in [2.24, 2.45) is 5.92 Å². The molecule has 1 unspecified atom stereocenters. The molecule has 1 aromatic heterocycles. The zero-order chi connectivity index (χ0) is 18.5. The zero-order valence-corrected chi connectivity index (χ0v) is 15.5. The number of benzene rings is 1. The molecule has 3 rings (SSSR count). The minimum absolute atomic E-state index is 0.247. The molecule has 0 spiro atoms. The number of ether oxygens (including phenoxy) is 1. The Balaban J connectivity index is 1.84. The first-order valence-corrected chi connectivity index (χ1v) is 9.44. The van der Waals surface area contributed by atoms with Crippen molar-refractivity contribution in [1.29, 1.82) is 0 Å². The van der Waals surface area contributed by atoms with Crippen molar-refractivity contribution >= 4 is 22.8 Å². The standard InChI is InChI=1S/C21H26N2O3/c1-3-4-11-22-19(24)13-26-21(25)20-15-7-5-6-8-17(15)23-18-10-9-14(2)12-16(18)20/h5-8,14H,3-4,9-13H2,1-2H3,(H,22,24). The molecule has 1 amide bonds. The van der Waals surface area contributed by atoms with E-state index >= 15 is 0 Å². The summed E-state index contributed by atoms with van der Waals surface area (Å²) in [5.74, 6) is -0.179. The number of hydrogen-bond acceptors (Lipinski definition) is 4. The number of aromatic nitrogens is 1. The predicted octanol–water partition coefficient (Wildman–Crippen LogP) is 3.43. The fourth-order valence-electron chi connectivity index (χ4n) is 3.45. The van der Waals surface area contributed by atoms with Crippen molar-refractivity contribution in [1.82, 2.24) is 10.3 Å². The van der Waals surface area contributed by atoms with Gasteiger partial charge in [0, 0.05) is 17.6 Å². The maximum absolute atomic E-state index is 12.8. The van der Waals surface area contributed by atoms with E-state index in [9.17, 15) is 9.59 Å². The summed E-state index contributed by atoms with van der Waals surface area (Å²) in [6.45, 7) is 4.61. The van der Waals surface area contributed by atoms with Gasteiger partial charge in [-0.15, -0.1) is 0 Å². The SMILES string of the molecule is CCCCNC(=O)COC(=O)c1c2c(nc3ccccc13)CCC(C)C2. The number of pyridine rings is 1. The molecule has 0 saturated carbocycles. The Morgan fingerprint density at radius 3 is 2.92 bits per heavy atom. The Hall–Kier alpha value is -2.43. The second-order valence-electron chi connectivity index (χ2n) is 7.06. The molecule has 2 aromatic rings. The molecule has 0 fully saturated rings. The van der Waals surface area contributed by atoms with Gasteiger partial charge in [-0.1, -0.05) is 38.5 Å². The van der Waals surface area contributed by atoms with Crippen molar-refractivity contribution < 1.29 is 14.3 Å². The zero-order valence-electron chi connectivity index (χ0n) is 15.5. The summed E-state index contributed by atoms with van der Waals surface area (Å²) in [5.41, 5.74) is 3.36. The molecule has 1 N–H and O–H groups in total. The fourth-order valence-corrected chi connectivity index (χ4v) is 3.45. The smallest absolute Gasteiger partial charge is 0.339 e. The van der Waals surface area contributed by atoms with Crippen LogP contribution in [0.1, 0.15) is 54.7 Å².